The van der Waals surface area contributed by atoms with Crippen molar-refractivity contribution in [3.63, 3.8) is 0 Å². The molecule has 0 aromatic heterocycles. The van der Waals surface area contributed by atoms with E-state index in [2.05, 4.69) is 0 Å². The maximum Gasteiger partial charge on any atom is 0.305 e. The molecule has 2 rings (SSSR count). The molecule has 1 atom stereocenters. The van der Waals surface area contributed by atoms with Crippen LogP contribution in [0.15, 0.2) is 24.3 Å². The molecule has 1 amide bonds. The van der Waals surface area contributed by atoms with Gasteiger partial charge in [-0.1, -0.05) is 23.7 Å². The van der Waals surface area contributed by atoms with Gasteiger partial charge in [-0.3, -0.25) is 9.59 Å². The lowest BCUT2D eigenvalue weighted by molar-refractivity contribution is -0.152. The number of halogens is 1. The van der Waals surface area contributed by atoms with Gasteiger partial charge in [-0.05, 0) is 17.7 Å². The van der Waals surface area contributed by atoms with Gasteiger partial charge in [-0.2, -0.15) is 0 Å². The number of benzene rings is 1. The lowest BCUT2D eigenvalue weighted by Gasteiger charge is -2.34. The monoisotopic (exact) mass is 283 g/mol. The lowest BCUT2D eigenvalue weighted by atomic mass is 10.1. The van der Waals surface area contributed by atoms with Crippen LogP contribution in [0.5, 0.6) is 0 Å². The molecular weight excluding hydrogens is 270 g/mol. The molecule has 1 heterocycles. The van der Waals surface area contributed by atoms with Crippen molar-refractivity contribution < 1.29 is 19.4 Å². The Labute approximate surface area is 115 Å². The van der Waals surface area contributed by atoms with E-state index >= 15 is 0 Å². The zero-order valence-electron chi connectivity index (χ0n) is 10.2. The molecule has 1 unspecified atom stereocenters. The van der Waals surface area contributed by atoms with Gasteiger partial charge in [0, 0.05) is 11.6 Å². The van der Waals surface area contributed by atoms with Crippen LogP contribution in [0.4, 0.5) is 0 Å². The summed E-state index contributed by atoms with van der Waals surface area (Å²) in [6, 6.07) is 6.74. The topological polar surface area (TPSA) is 66.8 Å². The number of carboxylic acid groups (broad SMARTS) is 1. The minimum Gasteiger partial charge on any atom is -0.481 e. The number of ether oxygens (including phenoxy) is 1. The summed E-state index contributed by atoms with van der Waals surface area (Å²) < 4.78 is 5.11. The Kier molecular flexibility index (Phi) is 4.39. The van der Waals surface area contributed by atoms with E-state index in [4.69, 9.17) is 21.4 Å². The molecule has 0 saturated carbocycles. The van der Waals surface area contributed by atoms with Gasteiger partial charge in [0.1, 0.15) is 6.61 Å². The minimum absolute atomic E-state index is 0.00329. The quantitative estimate of drug-likeness (QED) is 0.910. The molecule has 1 aliphatic heterocycles. The van der Waals surface area contributed by atoms with Gasteiger partial charge in [0.05, 0.1) is 19.1 Å². The van der Waals surface area contributed by atoms with Crippen LogP contribution in [-0.4, -0.2) is 41.1 Å². The number of amides is 1. The number of aliphatic carboxylic acids is 1. The molecule has 0 spiro atoms. The molecule has 0 radical (unpaired) electrons. The Morgan fingerprint density at radius 3 is 3.00 bits per heavy atom. The van der Waals surface area contributed by atoms with Crippen molar-refractivity contribution in [2.24, 2.45) is 0 Å². The number of hydrogen-bond donors (Lipinski definition) is 1. The summed E-state index contributed by atoms with van der Waals surface area (Å²) >= 11 is 5.90. The van der Waals surface area contributed by atoms with Crippen molar-refractivity contribution in [3.05, 3.63) is 34.9 Å². The van der Waals surface area contributed by atoms with Gasteiger partial charge >= 0.3 is 5.97 Å². The smallest absolute Gasteiger partial charge is 0.305 e. The van der Waals surface area contributed by atoms with Crippen molar-refractivity contribution in [1.82, 2.24) is 4.90 Å². The third-order valence-corrected chi connectivity index (χ3v) is 3.18. The largest absolute Gasteiger partial charge is 0.481 e. The highest BCUT2D eigenvalue weighted by molar-refractivity contribution is 6.30. The zero-order valence-corrected chi connectivity index (χ0v) is 11.0. The van der Waals surface area contributed by atoms with Crippen LogP contribution in [0.2, 0.25) is 5.02 Å². The number of carboxylic acids is 1. The van der Waals surface area contributed by atoms with Gasteiger partial charge in [0.15, 0.2) is 0 Å². The fourth-order valence-electron chi connectivity index (χ4n) is 2.08. The van der Waals surface area contributed by atoms with E-state index in [0.29, 0.717) is 11.6 Å². The van der Waals surface area contributed by atoms with Gasteiger partial charge in [0.25, 0.3) is 0 Å². The maximum atomic E-state index is 11.9. The average Bonchev–Trinajstić information content (AvgIpc) is 2.33. The first kappa shape index (κ1) is 13.8. The van der Waals surface area contributed by atoms with Crippen molar-refractivity contribution in [2.75, 3.05) is 13.2 Å². The molecule has 1 aromatic rings. The molecular formula is C13H14ClNO4. The summed E-state index contributed by atoms with van der Waals surface area (Å²) in [5.74, 6) is -1.14. The number of carbonyl (C=O) groups is 2. The summed E-state index contributed by atoms with van der Waals surface area (Å²) in [4.78, 5) is 24.2. The summed E-state index contributed by atoms with van der Waals surface area (Å²) in [5, 5.41) is 9.46. The van der Waals surface area contributed by atoms with Gasteiger partial charge in [0.2, 0.25) is 5.91 Å². The van der Waals surface area contributed by atoms with Crippen molar-refractivity contribution in [1.29, 1.82) is 0 Å². The zero-order chi connectivity index (χ0) is 13.8. The van der Waals surface area contributed by atoms with E-state index in [1.54, 1.807) is 23.1 Å². The lowest BCUT2D eigenvalue weighted by Crippen LogP contribution is -2.49. The molecule has 1 saturated heterocycles. The second kappa shape index (κ2) is 6.04. The van der Waals surface area contributed by atoms with Crippen LogP contribution in [-0.2, 0) is 20.9 Å². The van der Waals surface area contributed by atoms with Crippen LogP contribution < -0.4 is 0 Å². The van der Waals surface area contributed by atoms with Crippen LogP contribution in [0, 0.1) is 0 Å². The van der Waals surface area contributed by atoms with E-state index in [1.807, 2.05) is 6.07 Å². The van der Waals surface area contributed by atoms with Gasteiger partial charge in [-0.15, -0.1) is 0 Å². The molecule has 1 aromatic carbocycles. The average molecular weight is 284 g/mol. The fourth-order valence-corrected chi connectivity index (χ4v) is 2.29. The van der Waals surface area contributed by atoms with Crippen LogP contribution in [0.3, 0.4) is 0 Å². The molecule has 102 valence electrons. The van der Waals surface area contributed by atoms with Crippen LogP contribution in [0.1, 0.15) is 12.0 Å². The number of carbonyl (C=O) groups excluding carboxylic acids is 1. The first-order chi connectivity index (χ1) is 9.06. The minimum atomic E-state index is -0.945. The van der Waals surface area contributed by atoms with Crippen LogP contribution in [0.25, 0.3) is 0 Å². The van der Waals surface area contributed by atoms with Gasteiger partial charge in [-0.25, -0.2) is 0 Å². The second-order valence-electron chi connectivity index (χ2n) is 4.42. The summed E-state index contributed by atoms with van der Waals surface area (Å²) in [5.41, 5.74) is 0.873. The van der Waals surface area contributed by atoms with Crippen molar-refractivity contribution >= 4 is 23.5 Å². The fraction of sp³-hybridized carbons (Fsp3) is 0.385. The second-order valence-corrected chi connectivity index (χ2v) is 4.85. The Morgan fingerprint density at radius 2 is 2.32 bits per heavy atom. The SMILES string of the molecule is O=C(O)CC1COCC(=O)N1Cc1cccc(Cl)c1. The van der Waals surface area contributed by atoms with Gasteiger partial charge < -0.3 is 14.7 Å². The maximum absolute atomic E-state index is 11.9. The summed E-state index contributed by atoms with van der Waals surface area (Å²) in [6.07, 6.45) is -0.119. The highest BCUT2D eigenvalue weighted by Gasteiger charge is 2.30. The first-order valence-corrected chi connectivity index (χ1v) is 6.27. The molecule has 6 heteroatoms. The molecule has 5 nitrogen and oxygen atoms in total. The first-order valence-electron chi connectivity index (χ1n) is 5.89. The van der Waals surface area contributed by atoms with Crippen molar-refractivity contribution in [2.45, 2.75) is 19.0 Å². The Hall–Kier alpha value is -1.59. The molecule has 0 bridgehead atoms. The molecule has 1 N–H and O–H groups in total. The Morgan fingerprint density at radius 1 is 1.53 bits per heavy atom. The van der Waals surface area contributed by atoms with E-state index in [0.717, 1.165) is 5.56 Å². The van der Waals surface area contributed by atoms with E-state index in [1.165, 1.54) is 0 Å². The number of rotatable bonds is 4. The highest BCUT2D eigenvalue weighted by Crippen LogP contribution is 2.18. The predicted molar refractivity (Wildman–Crippen MR) is 68.9 cm³/mol. The summed E-state index contributed by atoms with van der Waals surface area (Å²) in [7, 11) is 0. The number of nitrogens with zero attached hydrogens (tertiary/aromatic N) is 1. The van der Waals surface area contributed by atoms with E-state index in [9.17, 15) is 9.59 Å². The molecule has 19 heavy (non-hydrogen) atoms. The summed E-state index contributed by atoms with van der Waals surface area (Å²) in [6.45, 7) is 0.593. The number of hydrogen-bond acceptors (Lipinski definition) is 3. The third-order valence-electron chi connectivity index (χ3n) is 2.95. The normalized spacial score (nSPS) is 19.5. The van der Waals surface area contributed by atoms with Crippen LogP contribution >= 0.6 is 11.6 Å². The Balaban J connectivity index is 2.13. The van der Waals surface area contributed by atoms with E-state index in [-0.39, 0.29) is 25.5 Å². The van der Waals surface area contributed by atoms with Crippen molar-refractivity contribution in [3.8, 4) is 0 Å². The predicted octanol–water partition coefficient (Wildman–Crippen LogP) is 1.54. The standard InChI is InChI=1S/C13H14ClNO4/c14-10-3-1-2-9(4-10)6-15-11(5-13(17)18)7-19-8-12(15)16/h1-4,11H,5-8H2,(H,17,18). The Bertz CT molecular complexity index is 491. The number of morpholine rings is 1. The molecule has 0 aliphatic carbocycles. The third kappa shape index (κ3) is 3.68. The molecule has 1 fully saturated rings. The molecule has 1 aliphatic rings. The highest BCUT2D eigenvalue weighted by atomic mass is 35.5. The van der Waals surface area contributed by atoms with E-state index < -0.39 is 12.0 Å².